The molecule has 1 saturated heterocycles. The molecule has 1 aliphatic carbocycles. The molecule has 2 fully saturated rings. The van der Waals surface area contributed by atoms with Crippen LogP contribution in [0.5, 0.6) is 0 Å². The van der Waals surface area contributed by atoms with Crippen molar-refractivity contribution in [1.29, 1.82) is 0 Å². The minimum absolute atomic E-state index is 0. The number of nitrogens with two attached hydrogens (primary N) is 1. The summed E-state index contributed by atoms with van der Waals surface area (Å²) >= 11 is 0. The number of aromatic nitrogens is 3. The molecular weight excluding hydrogens is 366 g/mol. The second-order valence-corrected chi connectivity index (χ2v) is 7.44. The number of piperidine rings is 1. The third-order valence-corrected chi connectivity index (χ3v) is 6.07. The second-order valence-electron chi connectivity index (χ2n) is 7.44. The molecule has 2 aliphatic rings. The van der Waals surface area contributed by atoms with E-state index in [-0.39, 0.29) is 18.0 Å². The summed E-state index contributed by atoms with van der Waals surface area (Å²) in [7, 11) is 1.80. The lowest BCUT2D eigenvalue weighted by molar-refractivity contribution is -0.170. The van der Waals surface area contributed by atoms with Gasteiger partial charge in [-0.05, 0) is 30.5 Å². The van der Waals surface area contributed by atoms with Gasteiger partial charge in [-0.3, -0.25) is 14.8 Å². The van der Waals surface area contributed by atoms with Gasteiger partial charge in [-0.1, -0.05) is 23.8 Å². The maximum atomic E-state index is 11.7. The van der Waals surface area contributed by atoms with Crippen molar-refractivity contribution in [1.82, 2.24) is 20.3 Å². The van der Waals surface area contributed by atoms with Gasteiger partial charge in [-0.25, -0.2) is 0 Å². The number of hydrogen-bond acceptors (Lipinski definition) is 5. The summed E-state index contributed by atoms with van der Waals surface area (Å²) in [5.41, 5.74) is 7.81. The Balaban J connectivity index is 0.00000210. The van der Waals surface area contributed by atoms with Crippen LogP contribution in [0.25, 0.3) is 0 Å². The first-order valence-corrected chi connectivity index (χ1v) is 9.16. The summed E-state index contributed by atoms with van der Waals surface area (Å²) in [6.07, 6.45) is 5.23. The van der Waals surface area contributed by atoms with Gasteiger partial charge in [0, 0.05) is 44.1 Å². The Labute approximate surface area is 165 Å². The van der Waals surface area contributed by atoms with E-state index in [1.54, 1.807) is 19.4 Å². The number of methoxy groups -OCH3 is 1. The third kappa shape index (κ3) is 3.47. The van der Waals surface area contributed by atoms with Gasteiger partial charge in [0.2, 0.25) is 5.91 Å². The molecule has 3 atom stereocenters. The first kappa shape index (κ1) is 19.8. The van der Waals surface area contributed by atoms with Crippen LogP contribution in [0.15, 0.2) is 30.5 Å². The fourth-order valence-electron chi connectivity index (χ4n) is 5.03. The first-order chi connectivity index (χ1) is 12.6. The van der Waals surface area contributed by atoms with Crippen LogP contribution in [0.1, 0.15) is 40.9 Å². The van der Waals surface area contributed by atoms with E-state index in [2.05, 4.69) is 26.4 Å². The number of halogens is 1. The van der Waals surface area contributed by atoms with Gasteiger partial charge in [-0.2, -0.15) is 0 Å². The van der Waals surface area contributed by atoms with Gasteiger partial charge >= 0.3 is 0 Å². The van der Waals surface area contributed by atoms with E-state index < -0.39 is 5.91 Å². The number of amides is 1. The zero-order valence-corrected chi connectivity index (χ0v) is 16.2. The van der Waals surface area contributed by atoms with E-state index in [0.717, 1.165) is 43.7 Å². The van der Waals surface area contributed by atoms with Crippen LogP contribution >= 0.6 is 12.4 Å². The quantitative estimate of drug-likeness (QED) is 0.813. The van der Waals surface area contributed by atoms with Crippen molar-refractivity contribution in [3.63, 3.8) is 0 Å². The smallest absolute Gasteiger partial charge is 0.248 e. The fraction of sp³-hybridized carbons (Fsp3) is 0.526. The van der Waals surface area contributed by atoms with E-state index in [0.29, 0.717) is 17.4 Å². The number of benzene rings is 1. The Morgan fingerprint density at radius 1 is 1.37 bits per heavy atom. The van der Waals surface area contributed by atoms with E-state index in [1.165, 1.54) is 6.42 Å². The lowest BCUT2D eigenvalue weighted by Gasteiger charge is -2.55. The zero-order valence-electron chi connectivity index (χ0n) is 15.4. The molecule has 2 bridgehead atoms. The highest BCUT2D eigenvalue weighted by Crippen LogP contribution is 2.51. The van der Waals surface area contributed by atoms with E-state index >= 15 is 0 Å². The highest BCUT2D eigenvalue weighted by Gasteiger charge is 2.53. The maximum Gasteiger partial charge on any atom is 0.248 e. The molecule has 2 heterocycles. The fourth-order valence-corrected chi connectivity index (χ4v) is 5.03. The molecular formula is C19H26ClN5O2. The average molecular weight is 392 g/mol. The molecule has 8 heteroatoms. The van der Waals surface area contributed by atoms with Crippen LogP contribution in [0.3, 0.4) is 0 Å². The topological polar surface area (TPSA) is 97.1 Å². The van der Waals surface area contributed by atoms with Crippen molar-refractivity contribution in [2.24, 2.45) is 17.6 Å². The van der Waals surface area contributed by atoms with Crippen molar-refractivity contribution >= 4 is 18.3 Å². The molecule has 27 heavy (non-hydrogen) atoms. The summed E-state index contributed by atoms with van der Waals surface area (Å²) in [4.78, 5) is 14.1. The Bertz CT molecular complexity index is 768. The zero-order chi connectivity index (χ0) is 18.1. The number of ether oxygens (including phenoxy) is 1. The van der Waals surface area contributed by atoms with Crippen LogP contribution in [-0.2, 0) is 16.9 Å². The van der Waals surface area contributed by atoms with Gasteiger partial charge in [0.25, 0.3) is 0 Å². The van der Waals surface area contributed by atoms with Gasteiger partial charge in [0.05, 0.1) is 11.9 Å². The normalized spacial score (nSPS) is 27.7. The molecule has 3 N–H and O–H groups in total. The molecule has 146 valence electrons. The molecule has 1 aromatic carbocycles. The predicted molar refractivity (Wildman–Crippen MR) is 103 cm³/mol. The Morgan fingerprint density at radius 3 is 2.70 bits per heavy atom. The summed E-state index contributed by atoms with van der Waals surface area (Å²) in [5.74, 6) is 0.352. The van der Waals surface area contributed by atoms with E-state index in [9.17, 15) is 4.79 Å². The number of hydrogen-bond donors (Lipinski definition) is 2. The predicted octanol–water partition coefficient (Wildman–Crippen LogP) is 2.10. The lowest BCUT2D eigenvalue weighted by Crippen LogP contribution is -2.58. The molecule has 1 aromatic heterocycles. The van der Waals surface area contributed by atoms with Gasteiger partial charge in [0.1, 0.15) is 5.60 Å². The van der Waals surface area contributed by atoms with Gasteiger partial charge in [-0.15, -0.1) is 17.5 Å². The molecule has 0 unspecified atom stereocenters. The Hall–Kier alpha value is -1.96. The van der Waals surface area contributed by atoms with E-state index in [1.807, 2.05) is 12.1 Å². The van der Waals surface area contributed by atoms with Crippen molar-refractivity contribution < 1.29 is 9.53 Å². The van der Waals surface area contributed by atoms with Crippen LogP contribution < -0.4 is 5.73 Å². The largest absolute Gasteiger partial charge is 0.373 e. The average Bonchev–Trinajstić information content (AvgIpc) is 3.14. The number of H-pyrrole nitrogens is 1. The Kier molecular flexibility index (Phi) is 5.83. The van der Waals surface area contributed by atoms with Crippen molar-refractivity contribution in [3.05, 3.63) is 47.3 Å². The number of rotatable bonds is 5. The SMILES string of the molecule is CO[C@]1(c2cccc(C(N)=O)c2)[C@@H]2CCC[C@H]1CN(Cc1cnn[nH]1)C2.Cl. The molecule has 4 rings (SSSR count). The summed E-state index contributed by atoms with van der Waals surface area (Å²) < 4.78 is 6.24. The van der Waals surface area contributed by atoms with Crippen LogP contribution in [0, 0.1) is 11.8 Å². The summed E-state index contributed by atoms with van der Waals surface area (Å²) in [6, 6.07) is 7.68. The number of primary amides is 1. The molecule has 2 aromatic rings. The lowest BCUT2D eigenvalue weighted by atomic mass is 9.62. The first-order valence-electron chi connectivity index (χ1n) is 9.16. The van der Waals surface area contributed by atoms with Crippen molar-refractivity contribution in [2.75, 3.05) is 20.2 Å². The molecule has 1 saturated carbocycles. The minimum atomic E-state index is -0.396. The number of carbonyl (C=O) groups excluding carboxylic acids is 1. The molecule has 0 spiro atoms. The molecule has 0 radical (unpaired) electrons. The number of aromatic amines is 1. The highest BCUT2D eigenvalue weighted by atomic mass is 35.5. The molecule has 7 nitrogen and oxygen atoms in total. The van der Waals surface area contributed by atoms with Crippen LogP contribution in [-0.4, -0.2) is 46.4 Å². The van der Waals surface area contributed by atoms with Crippen LogP contribution in [0.2, 0.25) is 0 Å². The summed E-state index contributed by atoms with van der Waals surface area (Å²) in [5, 5.41) is 10.6. The summed E-state index contributed by atoms with van der Waals surface area (Å²) in [6.45, 7) is 2.72. The number of carbonyl (C=O) groups is 1. The molecule has 1 aliphatic heterocycles. The monoisotopic (exact) mass is 391 g/mol. The minimum Gasteiger partial charge on any atom is -0.373 e. The van der Waals surface area contributed by atoms with E-state index in [4.69, 9.17) is 10.5 Å². The third-order valence-electron chi connectivity index (χ3n) is 6.07. The van der Waals surface area contributed by atoms with Gasteiger partial charge < -0.3 is 10.5 Å². The number of nitrogens with one attached hydrogen (secondary N) is 1. The standard InChI is InChI=1S/C19H25N5O2.ClH/c1-26-19(14-5-2-4-13(8-14)18(20)25)15-6-3-7-16(19)11-24(10-15)12-17-9-21-23-22-17;/h2,4-5,8-9,15-16H,3,6-7,10-12H2,1H3,(H2,20,25)(H,21,22,23);1H/t15-,16+,19-;. The van der Waals surface area contributed by atoms with Crippen LogP contribution in [0.4, 0.5) is 0 Å². The van der Waals surface area contributed by atoms with Crippen molar-refractivity contribution in [2.45, 2.75) is 31.4 Å². The highest BCUT2D eigenvalue weighted by molar-refractivity contribution is 5.92. The number of nitrogens with zero attached hydrogens (tertiary/aromatic N) is 3. The van der Waals surface area contributed by atoms with Crippen molar-refractivity contribution in [3.8, 4) is 0 Å². The Morgan fingerprint density at radius 2 is 2.11 bits per heavy atom. The van der Waals surface area contributed by atoms with Gasteiger partial charge in [0.15, 0.2) is 0 Å². The second kappa shape index (κ2) is 7.96. The number of likely N-dealkylation sites (tertiary alicyclic amines) is 1. The maximum absolute atomic E-state index is 11.7. The molecule has 1 amide bonds. The number of fused-ring (bicyclic) bond motifs is 2.